The van der Waals surface area contributed by atoms with Crippen molar-refractivity contribution in [1.82, 2.24) is 14.7 Å². The van der Waals surface area contributed by atoms with E-state index in [1.165, 1.54) is 23.2 Å². The number of nitrogens with two attached hydrogens (primary N) is 1. The third kappa shape index (κ3) is 4.01. The molecule has 5 rings (SSSR count). The van der Waals surface area contributed by atoms with Gasteiger partial charge in [0.05, 0.1) is 35.6 Å². The van der Waals surface area contributed by atoms with Gasteiger partial charge in [0.1, 0.15) is 11.4 Å². The summed E-state index contributed by atoms with van der Waals surface area (Å²) in [6.07, 6.45) is 1.58. The zero-order chi connectivity index (χ0) is 25.6. The van der Waals surface area contributed by atoms with Crippen LogP contribution in [0.15, 0.2) is 42.6 Å². The van der Waals surface area contributed by atoms with E-state index in [0.717, 1.165) is 11.3 Å². The number of para-hydroxylation sites is 1. The lowest BCUT2D eigenvalue weighted by Gasteiger charge is -2.45. The molecule has 2 aromatic carbocycles. The van der Waals surface area contributed by atoms with E-state index in [9.17, 15) is 9.59 Å². The molecule has 2 aliphatic rings. The highest BCUT2D eigenvalue weighted by atomic mass is 35.5. The summed E-state index contributed by atoms with van der Waals surface area (Å²) < 4.78 is 22.4. The van der Waals surface area contributed by atoms with E-state index in [4.69, 9.17) is 22.1 Å². The standard InChI is InChI=1S/C25H26ClFN6O3/c1-31(2)19-7-4-3-6-15(19)13-33-22(28)16(12-29-33)23(34)32-11-5-10-25(14-32)20-18(30-24(35)36-25)9-8-17(26)21(20)27/h3-4,6-9,12H,5,10-11,13-14,28H2,1-2H3,(H,30,35)/t25-/m0/s1. The minimum Gasteiger partial charge on any atom is -0.436 e. The molecule has 1 saturated heterocycles. The highest BCUT2D eigenvalue weighted by Gasteiger charge is 2.48. The van der Waals surface area contributed by atoms with E-state index in [0.29, 0.717) is 25.9 Å². The van der Waals surface area contributed by atoms with E-state index in [-0.39, 0.29) is 40.1 Å². The molecule has 0 bridgehead atoms. The molecule has 2 amide bonds. The van der Waals surface area contributed by atoms with Gasteiger partial charge < -0.3 is 20.3 Å². The van der Waals surface area contributed by atoms with E-state index in [1.807, 2.05) is 43.3 Å². The number of carbonyl (C=O) groups excluding carboxylic acids is 2. The molecule has 0 radical (unpaired) electrons. The van der Waals surface area contributed by atoms with E-state index < -0.39 is 17.5 Å². The van der Waals surface area contributed by atoms with E-state index in [2.05, 4.69) is 10.4 Å². The molecule has 188 valence electrons. The van der Waals surface area contributed by atoms with Crippen LogP contribution >= 0.6 is 11.6 Å². The third-order valence-corrected chi connectivity index (χ3v) is 7.01. The Morgan fingerprint density at radius 1 is 1.31 bits per heavy atom. The molecule has 1 fully saturated rings. The maximum atomic E-state index is 15.2. The monoisotopic (exact) mass is 512 g/mol. The Kier molecular flexibility index (Phi) is 5.99. The zero-order valence-corrected chi connectivity index (χ0v) is 20.7. The van der Waals surface area contributed by atoms with Crippen molar-refractivity contribution in [2.24, 2.45) is 0 Å². The van der Waals surface area contributed by atoms with Gasteiger partial charge in [0.15, 0.2) is 11.4 Å². The fourth-order valence-electron chi connectivity index (χ4n) is 5.04. The first-order chi connectivity index (χ1) is 17.2. The number of anilines is 3. The van der Waals surface area contributed by atoms with Crippen molar-refractivity contribution < 1.29 is 18.7 Å². The number of nitrogens with zero attached hydrogens (tertiary/aromatic N) is 4. The summed E-state index contributed by atoms with van der Waals surface area (Å²) in [5, 5.41) is 6.80. The van der Waals surface area contributed by atoms with Gasteiger partial charge in [0.25, 0.3) is 5.91 Å². The lowest BCUT2D eigenvalue weighted by Crippen LogP contribution is -2.53. The smallest absolute Gasteiger partial charge is 0.412 e. The molecule has 1 atom stereocenters. The molecule has 0 saturated carbocycles. The molecule has 11 heteroatoms. The average Bonchev–Trinajstić information content (AvgIpc) is 3.20. The van der Waals surface area contributed by atoms with Crippen molar-refractivity contribution in [3.63, 3.8) is 0 Å². The molecule has 0 aliphatic carbocycles. The number of fused-ring (bicyclic) bond motifs is 2. The number of hydrogen-bond donors (Lipinski definition) is 2. The van der Waals surface area contributed by atoms with Gasteiger partial charge >= 0.3 is 6.09 Å². The molecule has 2 aliphatic heterocycles. The Hall–Kier alpha value is -3.79. The first-order valence-corrected chi connectivity index (χ1v) is 11.9. The summed E-state index contributed by atoms with van der Waals surface area (Å²) in [6.45, 7) is 0.756. The molecule has 9 nitrogen and oxygen atoms in total. The van der Waals surface area contributed by atoms with Crippen molar-refractivity contribution in [3.05, 3.63) is 70.1 Å². The maximum absolute atomic E-state index is 15.2. The predicted molar refractivity (Wildman–Crippen MR) is 135 cm³/mol. The van der Waals surface area contributed by atoms with Gasteiger partial charge in [0.2, 0.25) is 0 Å². The second-order valence-corrected chi connectivity index (χ2v) is 9.65. The summed E-state index contributed by atoms with van der Waals surface area (Å²) in [5.41, 5.74) is 7.70. The fraction of sp³-hybridized carbons (Fsp3) is 0.320. The van der Waals surface area contributed by atoms with Gasteiger partial charge in [-0.25, -0.2) is 13.9 Å². The average molecular weight is 513 g/mol. The highest BCUT2D eigenvalue weighted by molar-refractivity contribution is 6.31. The molecular formula is C25H26ClFN6O3. The molecule has 36 heavy (non-hydrogen) atoms. The lowest BCUT2D eigenvalue weighted by atomic mass is 9.83. The van der Waals surface area contributed by atoms with Gasteiger partial charge in [-0.05, 0) is 36.6 Å². The third-order valence-electron chi connectivity index (χ3n) is 6.72. The van der Waals surface area contributed by atoms with E-state index in [1.54, 1.807) is 4.68 Å². The zero-order valence-electron chi connectivity index (χ0n) is 19.9. The van der Waals surface area contributed by atoms with Gasteiger partial charge in [-0.3, -0.25) is 10.1 Å². The van der Waals surface area contributed by atoms with Gasteiger partial charge in [-0.2, -0.15) is 5.10 Å². The number of carbonyl (C=O) groups is 2. The van der Waals surface area contributed by atoms with Crippen LogP contribution in [0, 0.1) is 5.82 Å². The number of halogens is 2. The molecular weight excluding hydrogens is 487 g/mol. The Morgan fingerprint density at radius 3 is 2.86 bits per heavy atom. The number of rotatable bonds is 4. The minimum absolute atomic E-state index is 0.0302. The topological polar surface area (TPSA) is 106 Å². The Bertz CT molecular complexity index is 1360. The Balaban J connectivity index is 1.43. The van der Waals surface area contributed by atoms with Crippen LogP contribution in [-0.2, 0) is 16.9 Å². The highest BCUT2D eigenvalue weighted by Crippen LogP contribution is 2.45. The summed E-state index contributed by atoms with van der Waals surface area (Å²) >= 11 is 6.05. The SMILES string of the molecule is CN(C)c1ccccc1Cn1ncc(C(=O)N2CCC[C@@]3(C2)OC(=O)Nc2ccc(Cl)c(F)c23)c1N. The number of hydrogen-bond acceptors (Lipinski definition) is 6. The van der Waals surface area contributed by atoms with Crippen LogP contribution in [0.4, 0.5) is 26.4 Å². The number of amides is 2. The van der Waals surface area contributed by atoms with Crippen LogP contribution in [0.25, 0.3) is 0 Å². The maximum Gasteiger partial charge on any atom is 0.412 e. The largest absolute Gasteiger partial charge is 0.436 e. The summed E-state index contributed by atoms with van der Waals surface area (Å²) in [5.74, 6) is -0.808. The van der Waals surface area contributed by atoms with Crippen LogP contribution in [0.5, 0.6) is 0 Å². The van der Waals surface area contributed by atoms with Crippen LogP contribution in [0.1, 0.15) is 34.3 Å². The molecule has 1 spiro atoms. The first-order valence-electron chi connectivity index (χ1n) is 11.5. The number of ether oxygens (including phenoxy) is 1. The van der Waals surface area contributed by atoms with Crippen LogP contribution < -0.4 is 16.0 Å². The number of nitrogens with one attached hydrogen (secondary N) is 1. The lowest BCUT2D eigenvalue weighted by molar-refractivity contribution is -0.0418. The normalized spacial score (nSPS) is 19.0. The number of nitrogen functional groups attached to an aromatic ring is 1. The second kappa shape index (κ2) is 9.02. The van der Waals surface area contributed by atoms with Crippen molar-refractivity contribution in [1.29, 1.82) is 0 Å². The van der Waals surface area contributed by atoms with Crippen LogP contribution in [0.2, 0.25) is 5.02 Å². The quantitative estimate of drug-likeness (QED) is 0.546. The number of aromatic nitrogens is 2. The van der Waals surface area contributed by atoms with Crippen molar-refractivity contribution in [2.45, 2.75) is 25.0 Å². The summed E-state index contributed by atoms with van der Waals surface area (Å²) in [7, 11) is 3.91. The summed E-state index contributed by atoms with van der Waals surface area (Å²) in [6, 6.07) is 10.8. The molecule has 3 heterocycles. The molecule has 1 aromatic heterocycles. The molecule has 3 N–H and O–H groups in total. The number of piperidine rings is 1. The number of benzene rings is 2. The van der Waals surface area contributed by atoms with Crippen molar-refractivity contribution in [2.75, 3.05) is 43.1 Å². The van der Waals surface area contributed by atoms with Gasteiger partial charge in [-0.15, -0.1) is 0 Å². The Labute approximate surface area is 212 Å². The van der Waals surface area contributed by atoms with Crippen molar-refractivity contribution in [3.8, 4) is 0 Å². The molecule has 3 aromatic rings. The first kappa shape index (κ1) is 23.9. The van der Waals surface area contributed by atoms with E-state index >= 15 is 4.39 Å². The van der Waals surface area contributed by atoms with Gasteiger partial charge in [0, 0.05) is 26.3 Å². The predicted octanol–water partition coefficient (Wildman–Crippen LogP) is 4.07. The van der Waals surface area contributed by atoms with Crippen LogP contribution in [-0.4, -0.2) is 53.9 Å². The van der Waals surface area contributed by atoms with Crippen LogP contribution in [0.3, 0.4) is 0 Å². The van der Waals surface area contributed by atoms with Gasteiger partial charge in [-0.1, -0.05) is 29.8 Å². The Morgan fingerprint density at radius 2 is 2.08 bits per heavy atom. The second-order valence-electron chi connectivity index (χ2n) is 9.25. The molecule has 0 unspecified atom stereocenters. The van der Waals surface area contributed by atoms with Crippen molar-refractivity contribution >= 4 is 40.8 Å². The summed E-state index contributed by atoms with van der Waals surface area (Å²) in [4.78, 5) is 29.4. The fourth-order valence-corrected chi connectivity index (χ4v) is 5.20. The minimum atomic E-state index is -1.35. The number of likely N-dealkylation sites (tertiary alicyclic amines) is 1.